The molecule has 0 bridgehead atoms. The molecule has 0 aliphatic carbocycles. The molecule has 0 saturated heterocycles. The molecule has 1 aromatic heterocycles. The number of rotatable bonds is 4. The normalized spacial score (nSPS) is 10.8. The number of para-hydroxylation sites is 1. The van der Waals surface area contributed by atoms with Crippen LogP contribution in [-0.4, -0.2) is 10.9 Å². The summed E-state index contributed by atoms with van der Waals surface area (Å²) in [5.41, 5.74) is 4.69. The van der Waals surface area contributed by atoms with Crippen LogP contribution in [0, 0.1) is 13.8 Å². The van der Waals surface area contributed by atoms with Gasteiger partial charge >= 0.3 is 0 Å². The number of pyridine rings is 1. The van der Waals surface area contributed by atoms with E-state index in [-0.39, 0.29) is 18.0 Å². The molecule has 144 valence electrons. The van der Waals surface area contributed by atoms with Gasteiger partial charge in [-0.25, -0.2) is 0 Å². The lowest BCUT2D eigenvalue weighted by Crippen LogP contribution is -2.32. The first kappa shape index (κ1) is 18.7. The van der Waals surface area contributed by atoms with Crippen molar-refractivity contribution in [1.82, 2.24) is 4.98 Å². The van der Waals surface area contributed by atoms with Gasteiger partial charge in [-0.05, 0) is 61.2 Å². The number of fused-ring (bicyclic) bond motifs is 1. The number of hydrogen-bond donors (Lipinski definition) is 1. The van der Waals surface area contributed by atoms with E-state index in [2.05, 4.69) is 4.98 Å². The highest BCUT2D eigenvalue weighted by atomic mass is 16.2. The molecule has 3 aromatic carbocycles. The van der Waals surface area contributed by atoms with E-state index in [1.165, 1.54) is 0 Å². The molecule has 0 saturated carbocycles. The van der Waals surface area contributed by atoms with Crippen molar-refractivity contribution < 1.29 is 4.79 Å². The number of aromatic amines is 1. The van der Waals surface area contributed by atoms with Gasteiger partial charge in [0.25, 0.3) is 11.5 Å². The van der Waals surface area contributed by atoms with Gasteiger partial charge in [-0.3, -0.25) is 9.59 Å². The van der Waals surface area contributed by atoms with Gasteiger partial charge in [0.1, 0.15) is 0 Å². The molecule has 0 fully saturated rings. The van der Waals surface area contributed by atoms with Gasteiger partial charge in [0.05, 0.1) is 6.54 Å². The van der Waals surface area contributed by atoms with Crippen molar-refractivity contribution in [2.45, 2.75) is 20.4 Å². The van der Waals surface area contributed by atoms with Crippen molar-refractivity contribution in [3.05, 3.63) is 111 Å². The van der Waals surface area contributed by atoms with Crippen LogP contribution in [0.5, 0.6) is 0 Å². The Hall–Kier alpha value is -3.66. The molecule has 4 nitrogen and oxygen atoms in total. The Bertz CT molecular complexity index is 1230. The van der Waals surface area contributed by atoms with Crippen molar-refractivity contribution in [3.63, 3.8) is 0 Å². The van der Waals surface area contributed by atoms with E-state index < -0.39 is 0 Å². The zero-order valence-electron chi connectivity index (χ0n) is 16.5. The van der Waals surface area contributed by atoms with Crippen LogP contribution in [0.3, 0.4) is 0 Å². The fraction of sp³-hybridized carbons (Fsp3) is 0.120. The second-order valence-electron chi connectivity index (χ2n) is 7.31. The number of nitrogens with zero attached hydrogens (tertiary/aromatic N) is 1. The maximum atomic E-state index is 13.3. The topological polar surface area (TPSA) is 53.2 Å². The van der Waals surface area contributed by atoms with Crippen LogP contribution in [0.1, 0.15) is 27.0 Å². The lowest BCUT2D eigenvalue weighted by Gasteiger charge is -2.23. The van der Waals surface area contributed by atoms with Gasteiger partial charge in [0.15, 0.2) is 0 Å². The molecule has 0 spiro atoms. The van der Waals surface area contributed by atoms with Crippen LogP contribution < -0.4 is 10.5 Å². The first-order chi connectivity index (χ1) is 14.0. The Kier molecular flexibility index (Phi) is 5.00. The minimum absolute atomic E-state index is 0.139. The first-order valence-electron chi connectivity index (χ1n) is 9.57. The molecular formula is C25H22N2O2. The van der Waals surface area contributed by atoms with Gasteiger partial charge in [0.2, 0.25) is 0 Å². The smallest absolute Gasteiger partial charge is 0.258 e. The zero-order chi connectivity index (χ0) is 20.4. The number of benzene rings is 3. The molecule has 0 radical (unpaired) electrons. The van der Waals surface area contributed by atoms with E-state index in [0.717, 1.165) is 27.7 Å². The Balaban J connectivity index is 1.76. The molecule has 0 aliphatic heterocycles. The summed E-state index contributed by atoms with van der Waals surface area (Å²) < 4.78 is 0. The van der Waals surface area contributed by atoms with Crippen molar-refractivity contribution in [2.75, 3.05) is 4.90 Å². The quantitative estimate of drug-likeness (QED) is 0.540. The largest absolute Gasteiger partial charge is 0.322 e. The maximum Gasteiger partial charge on any atom is 0.258 e. The SMILES string of the molecule is Cc1ccc(C(=O)N(Cc2cc3ccc(C)cc3[nH]c2=O)c2ccccc2)cc1. The third-order valence-corrected chi connectivity index (χ3v) is 5.02. The van der Waals surface area contributed by atoms with Crippen molar-refractivity contribution in [3.8, 4) is 0 Å². The average molecular weight is 382 g/mol. The molecule has 29 heavy (non-hydrogen) atoms. The molecule has 0 aliphatic rings. The third kappa shape index (κ3) is 3.97. The summed E-state index contributed by atoms with van der Waals surface area (Å²) in [6, 6.07) is 24.7. The van der Waals surface area contributed by atoms with E-state index in [1.54, 1.807) is 4.90 Å². The predicted molar refractivity (Wildman–Crippen MR) is 117 cm³/mol. The predicted octanol–water partition coefficient (Wildman–Crippen LogP) is 4.99. The van der Waals surface area contributed by atoms with Gasteiger partial charge in [-0.15, -0.1) is 0 Å². The summed E-state index contributed by atoms with van der Waals surface area (Å²) in [5.74, 6) is -0.139. The molecule has 1 heterocycles. The molecule has 4 rings (SSSR count). The summed E-state index contributed by atoms with van der Waals surface area (Å²) in [6.45, 7) is 4.17. The number of H-pyrrole nitrogens is 1. The molecule has 1 amide bonds. The highest BCUT2D eigenvalue weighted by Gasteiger charge is 2.19. The highest BCUT2D eigenvalue weighted by Crippen LogP contribution is 2.21. The molecule has 1 N–H and O–H groups in total. The number of aromatic nitrogens is 1. The van der Waals surface area contributed by atoms with Gasteiger partial charge in [-0.1, -0.05) is 48.0 Å². The summed E-state index contributed by atoms with van der Waals surface area (Å²) >= 11 is 0. The molecule has 4 aromatic rings. The van der Waals surface area contributed by atoms with Crippen LogP contribution in [0.15, 0.2) is 83.7 Å². The minimum atomic E-state index is -0.180. The second-order valence-corrected chi connectivity index (χ2v) is 7.31. The molecular weight excluding hydrogens is 360 g/mol. The standard InChI is InChI=1S/C25H22N2O2/c1-17-8-11-19(12-9-17)25(29)27(22-6-4-3-5-7-22)16-21-15-20-13-10-18(2)14-23(20)26-24(21)28/h3-15H,16H2,1-2H3,(H,26,28). The number of carbonyl (C=O) groups is 1. The summed E-state index contributed by atoms with van der Waals surface area (Å²) in [6.07, 6.45) is 0. The first-order valence-corrected chi connectivity index (χ1v) is 9.57. The van der Waals surface area contributed by atoms with E-state index >= 15 is 0 Å². The lowest BCUT2D eigenvalue weighted by molar-refractivity contribution is 0.0985. The summed E-state index contributed by atoms with van der Waals surface area (Å²) in [7, 11) is 0. The number of aryl methyl sites for hydroxylation is 2. The lowest BCUT2D eigenvalue weighted by atomic mass is 10.1. The van der Waals surface area contributed by atoms with E-state index in [4.69, 9.17) is 0 Å². The summed E-state index contributed by atoms with van der Waals surface area (Å²) in [4.78, 5) is 30.6. The van der Waals surface area contributed by atoms with Crippen molar-refractivity contribution in [2.24, 2.45) is 0 Å². The average Bonchev–Trinajstić information content (AvgIpc) is 2.73. The fourth-order valence-corrected chi connectivity index (χ4v) is 3.39. The number of hydrogen-bond acceptors (Lipinski definition) is 2. The second kappa shape index (κ2) is 7.76. The Morgan fingerprint density at radius 3 is 2.28 bits per heavy atom. The zero-order valence-corrected chi connectivity index (χ0v) is 16.5. The minimum Gasteiger partial charge on any atom is -0.322 e. The van der Waals surface area contributed by atoms with E-state index in [9.17, 15) is 9.59 Å². The molecule has 0 unspecified atom stereocenters. The van der Waals surface area contributed by atoms with Crippen molar-refractivity contribution in [1.29, 1.82) is 0 Å². The maximum absolute atomic E-state index is 13.3. The van der Waals surface area contributed by atoms with Crippen LogP contribution in [0.4, 0.5) is 5.69 Å². The van der Waals surface area contributed by atoms with Crippen LogP contribution in [-0.2, 0) is 6.54 Å². The Labute approximate surface area is 169 Å². The van der Waals surface area contributed by atoms with Crippen LogP contribution in [0.2, 0.25) is 0 Å². The van der Waals surface area contributed by atoms with Crippen molar-refractivity contribution >= 4 is 22.5 Å². The third-order valence-electron chi connectivity index (χ3n) is 5.02. The monoisotopic (exact) mass is 382 g/mol. The summed E-state index contributed by atoms with van der Waals surface area (Å²) in [5, 5.41) is 0.945. The fourth-order valence-electron chi connectivity index (χ4n) is 3.39. The van der Waals surface area contributed by atoms with Gasteiger partial charge in [-0.2, -0.15) is 0 Å². The van der Waals surface area contributed by atoms with Gasteiger partial charge in [0, 0.05) is 22.3 Å². The highest BCUT2D eigenvalue weighted by molar-refractivity contribution is 6.06. The Morgan fingerprint density at radius 1 is 0.862 bits per heavy atom. The number of anilines is 1. The Morgan fingerprint density at radius 2 is 1.55 bits per heavy atom. The molecule has 0 atom stereocenters. The molecule has 4 heteroatoms. The van der Waals surface area contributed by atoms with E-state index in [0.29, 0.717) is 11.1 Å². The van der Waals surface area contributed by atoms with Gasteiger partial charge < -0.3 is 9.88 Å². The van der Waals surface area contributed by atoms with Crippen LogP contribution in [0.25, 0.3) is 10.9 Å². The van der Waals surface area contributed by atoms with Crippen LogP contribution >= 0.6 is 0 Å². The number of amides is 1. The number of carbonyl (C=O) groups excluding carboxylic acids is 1. The van der Waals surface area contributed by atoms with E-state index in [1.807, 2.05) is 92.7 Å². The number of nitrogens with one attached hydrogen (secondary N) is 1.